The Morgan fingerprint density at radius 2 is 2.11 bits per heavy atom. The van der Waals surface area contributed by atoms with Crippen molar-refractivity contribution >= 4 is 5.91 Å². The van der Waals surface area contributed by atoms with Gasteiger partial charge in [-0.15, -0.1) is 0 Å². The fourth-order valence-corrected chi connectivity index (χ4v) is 2.00. The van der Waals surface area contributed by atoms with E-state index in [1.54, 1.807) is 19.1 Å². The first kappa shape index (κ1) is 15.5. The summed E-state index contributed by atoms with van der Waals surface area (Å²) in [5.74, 6) is 0.556. The van der Waals surface area contributed by atoms with Crippen LogP contribution in [-0.2, 0) is 11.2 Å². The van der Waals surface area contributed by atoms with Gasteiger partial charge in [-0.25, -0.2) is 0 Å². The predicted octanol–water partition coefficient (Wildman–Crippen LogP) is 1.71. The van der Waals surface area contributed by atoms with Crippen LogP contribution in [0.2, 0.25) is 0 Å². The van der Waals surface area contributed by atoms with E-state index in [9.17, 15) is 4.79 Å². The average Bonchev–Trinajstić information content (AvgIpc) is 2.46. The first-order valence-corrected chi connectivity index (χ1v) is 6.61. The number of carbonyl (C=O) groups is 1. The predicted molar refractivity (Wildman–Crippen MR) is 75.2 cm³/mol. The zero-order valence-electron chi connectivity index (χ0n) is 11.9. The average molecular weight is 265 g/mol. The summed E-state index contributed by atoms with van der Waals surface area (Å²) in [4.78, 5) is 13.7. The molecule has 0 saturated carbocycles. The molecule has 0 aliphatic carbocycles. The molecule has 0 fully saturated rings. The Labute approximate surface area is 115 Å². The number of para-hydroxylation sites is 1. The van der Waals surface area contributed by atoms with Crippen molar-refractivity contribution in [1.29, 1.82) is 0 Å². The van der Waals surface area contributed by atoms with Crippen LogP contribution in [0.3, 0.4) is 0 Å². The van der Waals surface area contributed by atoms with Gasteiger partial charge in [-0.1, -0.05) is 25.1 Å². The van der Waals surface area contributed by atoms with Gasteiger partial charge in [0.15, 0.2) is 0 Å². The third-order valence-corrected chi connectivity index (χ3v) is 3.35. The number of aliphatic hydroxyl groups excluding tert-OH is 1. The number of carbonyl (C=O) groups excluding carboxylic acids is 1. The van der Waals surface area contributed by atoms with E-state index in [0.29, 0.717) is 13.0 Å². The van der Waals surface area contributed by atoms with E-state index in [0.717, 1.165) is 17.7 Å². The van der Waals surface area contributed by atoms with Crippen LogP contribution in [0.25, 0.3) is 0 Å². The van der Waals surface area contributed by atoms with E-state index in [1.165, 1.54) is 0 Å². The van der Waals surface area contributed by atoms with E-state index in [4.69, 9.17) is 9.84 Å². The van der Waals surface area contributed by atoms with Crippen LogP contribution in [0.5, 0.6) is 5.75 Å². The van der Waals surface area contributed by atoms with Gasteiger partial charge in [0.1, 0.15) is 5.75 Å². The number of hydrogen-bond acceptors (Lipinski definition) is 3. The van der Waals surface area contributed by atoms with Gasteiger partial charge >= 0.3 is 0 Å². The summed E-state index contributed by atoms with van der Waals surface area (Å²) in [6, 6.07) is 7.80. The molecule has 1 rings (SSSR count). The second-order valence-corrected chi connectivity index (χ2v) is 4.61. The van der Waals surface area contributed by atoms with Gasteiger partial charge in [0.2, 0.25) is 5.91 Å². The molecule has 0 radical (unpaired) electrons. The minimum Gasteiger partial charge on any atom is -0.496 e. The number of benzene rings is 1. The topological polar surface area (TPSA) is 49.8 Å². The van der Waals surface area contributed by atoms with E-state index >= 15 is 0 Å². The Morgan fingerprint density at radius 1 is 1.42 bits per heavy atom. The molecule has 1 aromatic carbocycles. The lowest BCUT2D eigenvalue weighted by atomic mass is 10.1. The fraction of sp³-hybridized carbons (Fsp3) is 0.533. The summed E-state index contributed by atoms with van der Waals surface area (Å²) in [6.07, 6.45) is 1.41. The maximum absolute atomic E-state index is 12.0. The van der Waals surface area contributed by atoms with E-state index in [1.807, 2.05) is 31.2 Å². The highest BCUT2D eigenvalue weighted by molar-refractivity contribution is 5.78. The van der Waals surface area contributed by atoms with Crippen molar-refractivity contribution in [2.45, 2.75) is 19.8 Å². The van der Waals surface area contributed by atoms with Gasteiger partial charge < -0.3 is 14.7 Å². The standard InChI is InChI=1S/C15H23NO3/c1-4-12(11-17)15(18)16(2)10-9-13-7-5-6-8-14(13)19-3/h5-8,12,17H,4,9-11H2,1-3H3. The maximum Gasteiger partial charge on any atom is 0.227 e. The molecule has 1 amide bonds. The first-order valence-electron chi connectivity index (χ1n) is 6.61. The van der Waals surface area contributed by atoms with Gasteiger partial charge in [0.05, 0.1) is 19.6 Å². The molecule has 0 heterocycles. The summed E-state index contributed by atoms with van der Waals surface area (Å²) in [5.41, 5.74) is 1.08. The smallest absolute Gasteiger partial charge is 0.227 e. The SMILES string of the molecule is CCC(CO)C(=O)N(C)CCc1ccccc1OC. The van der Waals surface area contributed by atoms with Gasteiger partial charge in [0, 0.05) is 13.6 Å². The minimum absolute atomic E-state index is 0.0000945. The van der Waals surface area contributed by atoms with Crippen molar-refractivity contribution in [1.82, 2.24) is 4.90 Å². The highest BCUT2D eigenvalue weighted by Gasteiger charge is 2.19. The molecule has 4 heteroatoms. The van der Waals surface area contributed by atoms with Crippen molar-refractivity contribution in [3.63, 3.8) is 0 Å². The molecule has 0 aliphatic rings. The Balaban J connectivity index is 2.58. The Kier molecular flexibility index (Phi) is 6.36. The lowest BCUT2D eigenvalue weighted by molar-refractivity contribution is -0.135. The Bertz CT molecular complexity index is 402. The quantitative estimate of drug-likeness (QED) is 0.816. The van der Waals surface area contributed by atoms with Gasteiger partial charge in [-0.2, -0.15) is 0 Å². The summed E-state index contributed by atoms with van der Waals surface area (Å²) in [6.45, 7) is 2.44. The van der Waals surface area contributed by atoms with Crippen LogP contribution in [-0.4, -0.2) is 43.2 Å². The molecule has 1 atom stereocenters. The molecule has 0 aromatic heterocycles. The summed E-state index contributed by atoms with van der Waals surface area (Å²) in [5, 5.41) is 9.15. The maximum atomic E-state index is 12.0. The molecule has 106 valence electrons. The third-order valence-electron chi connectivity index (χ3n) is 3.35. The van der Waals surface area contributed by atoms with Crippen molar-refractivity contribution in [2.24, 2.45) is 5.92 Å². The van der Waals surface area contributed by atoms with Gasteiger partial charge in [-0.3, -0.25) is 4.79 Å². The number of aliphatic hydroxyl groups is 1. The van der Waals surface area contributed by atoms with Crippen LogP contribution in [0.1, 0.15) is 18.9 Å². The van der Waals surface area contributed by atoms with Crippen molar-refractivity contribution in [3.05, 3.63) is 29.8 Å². The van der Waals surface area contributed by atoms with Crippen molar-refractivity contribution < 1.29 is 14.6 Å². The second-order valence-electron chi connectivity index (χ2n) is 4.61. The van der Waals surface area contributed by atoms with E-state index in [-0.39, 0.29) is 18.4 Å². The molecule has 0 spiro atoms. The van der Waals surface area contributed by atoms with Crippen LogP contribution in [0, 0.1) is 5.92 Å². The molecule has 19 heavy (non-hydrogen) atoms. The lowest BCUT2D eigenvalue weighted by Gasteiger charge is -2.22. The zero-order chi connectivity index (χ0) is 14.3. The monoisotopic (exact) mass is 265 g/mol. The fourth-order valence-electron chi connectivity index (χ4n) is 2.00. The largest absolute Gasteiger partial charge is 0.496 e. The molecule has 1 aromatic rings. The number of hydrogen-bond donors (Lipinski definition) is 1. The number of nitrogens with zero attached hydrogens (tertiary/aromatic N) is 1. The molecular formula is C15H23NO3. The normalized spacial score (nSPS) is 12.0. The molecule has 1 N–H and O–H groups in total. The van der Waals surface area contributed by atoms with Gasteiger partial charge in [0.25, 0.3) is 0 Å². The van der Waals surface area contributed by atoms with E-state index < -0.39 is 0 Å². The highest BCUT2D eigenvalue weighted by atomic mass is 16.5. The molecule has 0 saturated heterocycles. The number of methoxy groups -OCH3 is 1. The Morgan fingerprint density at radius 3 is 2.68 bits per heavy atom. The van der Waals surface area contributed by atoms with Crippen molar-refractivity contribution in [2.75, 3.05) is 27.3 Å². The molecular weight excluding hydrogens is 242 g/mol. The summed E-state index contributed by atoms with van der Waals surface area (Å²) < 4.78 is 5.28. The molecule has 1 unspecified atom stereocenters. The minimum atomic E-state index is -0.289. The van der Waals surface area contributed by atoms with Crippen LogP contribution in [0.15, 0.2) is 24.3 Å². The van der Waals surface area contributed by atoms with Crippen LogP contribution in [0.4, 0.5) is 0 Å². The molecule has 4 nitrogen and oxygen atoms in total. The van der Waals surface area contributed by atoms with Crippen LogP contribution < -0.4 is 4.74 Å². The Hall–Kier alpha value is -1.55. The van der Waals surface area contributed by atoms with Crippen LogP contribution >= 0.6 is 0 Å². The van der Waals surface area contributed by atoms with Gasteiger partial charge in [-0.05, 0) is 24.5 Å². The zero-order valence-corrected chi connectivity index (χ0v) is 11.9. The second kappa shape index (κ2) is 7.79. The van der Waals surface area contributed by atoms with Crippen molar-refractivity contribution in [3.8, 4) is 5.75 Å². The molecule has 0 aliphatic heterocycles. The van der Waals surface area contributed by atoms with E-state index in [2.05, 4.69) is 0 Å². The highest BCUT2D eigenvalue weighted by Crippen LogP contribution is 2.18. The summed E-state index contributed by atoms with van der Waals surface area (Å²) >= 11 is 0. The number of rotatable bonds is 7. The number of likely N-dealkylation sites (N-methyl/N-ethyl adjacent to an activating group) is 1. The first-order chi connectivity index (χ1) is 9.13. The number of ether oxygens (including phenoxy) is 1. The molecule has 0 bridgehead atoms. The third kappa shape index (κ3) is 4.24. The lowest BCUT2D eigenvalue weighted by Crippen LogP contribution is -2.35. The summed E-state index contributed by atoms with van der Waals surface area (Å²) in [7, 11) is 3.42. The number of amides is 1.